The Kier molecular flexibility index (Phi) is 2.26. The second kappa shape index (κ2) is 3.46. The van der Waals surface area contributed by atoms with Crippen LogP contribution in [0.15, 0.2) is 43.1 Å². The van der Waals surface area contributed by atoms with E-state index in [1.165, 1.54) is 12.3 Å². The van der Waals surface area contributed by atoms with Crippen LogP contribution in [0.5, 0.6) is 0 Å². The normalized spacial score (nSPS) is 23.7. The minimum absolute atomic E-state index is 0.184. The summed E-state index contributed by atoms with van der Waals surface area (Å²) in [6.45, 7) is 3.71. The van der Waals surface area contributed by atoms with Gasteiger partial charge >= 0.3 is 5.91 Å². The SMILES string of the molecule is C=CC[N+]1(O)C=Cc2ccccc2C1=O. The Labute approximate surface area is 88.1 Å². The molecule has 0 aromatic heterocycles. The molecule has 0 spiro atoms. The highest BCUT2D eigenvalue weighted by molar-refractivity contribution is 5.95. The van der Waals surface area contributed by atoms with Gasteiger partial charge in [0.05, 0.1) is 5.56 Å². The number of carbonyl (C=O) groups excluding carboxylic acids is 1. The van der Waals surface area contributed by atoms with Crippen LogP contribution in [0.4, 0.5) is 0 Å². The van der Waals surface area contributed by atoms with Gasteiger partial charge in [-0.05, 0) is 17.7 Å². The summed E-state index contributed by atoms with van der Waals surface area (Å²) in [4.78, 5) is 12.0. The predicted octanol–water partition coefficient (Wildman–Crippen LogP) is 2.20. The highest BCUT2D eigenvalue weighted by Gasteiger charge is 2.37. The van der Waals surface area contributed by atoms with E-state index >= 15 is 0 Å². The van der Waals surface area contributed by atoms with Crippen LogP contribution in [-0.4, -0.2) is 22.3 Å². The van der Waals surface area contributed by atoms with E-state index < -0.39 is 4.65 Å². The zero-order valence-electron chi connectivity index (χ0n) is 8.26. The van der Waals surface area contributed by atoms with Gasteiger partial charge in [-0.3, -0.25) is 0 Å². The number of carbonyl (C=O) groups is 1. The Hall–Kier alpha value is -1.71. The van der Waals surface area contributed by atoms with Crippen molar-refractivity contribution in [3.8, 4) is 0 Å². The molecule has 1 aliphatic heterocycles. The first-order valence-corrected chi connectivity index (χ1v) is 4.72. The second-order valence-corrected chi connectivity index (χ2v) is 3.51. The van der Waals surface area contributed by atoms with Crippen molar-refractivity contribution in [3.05, 3.63) is 54.2 Å². The molecule has 1 atom stereocenters. The molecule has 0 saturated carbocycles. The van der Waals surface area contributed by atoms with Crippen molar-refractivity contribution in [2.45, 2.75) is 0 Å². The van der Waals surface area contributed by atoms with Crippen molar-refractivity contribution in [2.75, 3.05) is 6.54 Å². The third-order valence-corrected chi connectivity index (χ3v) is 2.45. The number of hydrogen-bond acceptors (Lipinski definition) is 2. The molecule has 1 aromatic rings. The van der Waals surface area contributed by atoms with Crippen LogP contribution in [0, 0.1) is 0 Å². The number of rotatable bonds is 2. The molecule has 0 aliphatic carbocycles. The second-order valence-electron chi connectivity index (χ2n) is 3.51. The Morgan fingerprint density at radius 3 is 2.87 bits per heavy atom. The fourth-order valence-corrected chi connectivity index (χ4v) is 1.66. The molecule has 1 aliphatic rings. The summed E-state index contributed by atoms with van der Waals surface area (Å²) in [5, 5.41) is 10.0. The highest BCUT2D eigenvalue weighted by Crippen LogP contribution is 2.23. The van der Waals surface area contributed by atoms with Gasteiger partial charge in [-0.15, -0.1) is 0 Å². The first-order valence-electron chi connectivity index (χ1n) is 4.72. The van der Waals surface area contributed by atoms with E-state index in [4.69, 9.17) is 0 Å². The molecule has 1 aromatic carbocycles. The zero-order valence-corrected chi connectivity index (χ0v) is 8.26. The zero-order chi connectivity index (χ0) is 10.9. The van der Waals surface area contributed by atoms with Crippen molar-refractivity contribution in [1.82, 2.24) is 0 Å². The van der Waals surface area contributed by atoms with Crippen LogP contribution in [0.3, 0.4) is 0 Å². The maximum absolute atomic E-state index is 12.0. The van der Waals surface area contributed by atoms with Crippen molar-refractivity contribution in [3.63, 3.8) is 0 Å². The average Bonchev–Trinajstić information content (AvgIpc) is 2.25. The van der Waals surface area contributed by atoms with Gasteiger partial charge in [-0.25, -0.2) is 10.0 Å². The van der Waals surface area contributed by atoms with E-state index in [9.17, 15) is 10.0 Å². The van der Waals surface area contributed by atoms with Crippen molar-refractivity contribution >= 4 is 12.0 Å². The smallest absolute Gasteiger partial charge is 0.222 e. The van der Waals surface area contributed by atoms with Gasteiger partial charge in [-0.2, -0.15) is 0 Å². The molecule has 76 valence electrons. The maximum atomic E-state index is 12.0. The molecule has 2 rings (SSSR count). The molecule has 1 N–H and O–H groups in total. The number of fused-ring (bicyclic) bond motifs is 1. The topological polar surface area (TPSA) is 37.3 Å². The van der Waals surface area contributed by atoms with Crippen molar-refractivity contribution in [1.29, 1.82) is 0 Å². The number of amides is 1. The van der Waals surface area contributed by atoms with E-state index in [0.717, 1.165) is 5.56 Å². The summed E-state index contributed by atoms with van der Waals surface area (Å²) in [5.41, 5.74) is 1.39. The Morgan fingerprint density at radius 1 is 1.40 bits per heavy atom. The number of nitrogens with zero attached hydrogens (tertiary/aromatic N) is 1. The summed E-state index contributed by atoms with van der Waals surface area (Å²) < 4.78 is -0.722. The van der Waals surface area contributed by atoms with Crippen LogP contribution in [0.1, 0.15) is 15.9 Å². The van der Waals surface area contributed by atoms with E-state index in [1.54, 1.807) is 18.2 Å². The minimum atomic E-state index is -0.722. The molecule has 1 unspecified atom stereocenters. The molecule has 1 heterocycles. The van der Waals surface area contributed by atoms with E-state index in [1.807, 2.05) is 12.1 Å². The van der Waals surface area contributed by atoms with Gasteiger partial charge in [0.25, 0.3) is 0 Å². The average molecular weight is 202 g/mol. The van der Waals surface area contributed by atoms with Crippen molar-refractivity contribution in [2.24, 2.45) is 0 Å². The van der Waals surface area contributed by atoms with Gasteiger partial charge in [0.2, 0.25) is 0 Å². The van der Waals surface area contributed by atoms with Crippen LogP contribution in [0.25, 0.3) is 6.08 Å². The number of quaternary nitrogens is 1. The molecule has 3 nitrogen and oxygen atoms in total. The summed E-state index contributed by atoms with van der Waals surface area (Å²) >= 11 is 0. The predicted molar refractivity (Wildman–Crippen MR) is 56.9 cm³/mol. The standard InChI is InChI=1S/C12H12NO2/c1-2-8-13(15)9-7-10-5-3-4-6-11(10)12(13)14/h2-7,9,15H,1,8H2/q+1. The molecule has 0 bridgehead atoms. The summed E-state index contributed by atoms with van der Waals surface area (Å²) in [6, 6.07) is 7.21. The molecule has 15 heavy (non-hydrogen) atoms. The molecular formula is C12H12NO2+. The molecule has 1 amide bonds. The Bertz CT molecular complexity index is 451. The summed E-state index contributed by atoms with van der Waals surface area (Å²) in [6.07, 6.45) is 4.75. The van der Waals surface area contributed by atoms with E-state index in [0.29, 0.717) is 5.56 Å². The first kappa shape index (κ1) is 9.83. The fourth-order valence-electron chi connectivity index (χ4n) is 1.66. The van der Waals surface area contributed by atoms with Gasteiger partial charge in [-0.1, -0.05) is 29.4 Å². The van der Waals surface area contributed by atoms with Gasteiger partial charge in [0, 0.05) is 6.08 Å². The lowest BCUT2D eigenvalue weighted by atomic mass is 10.0. The van der Waals surface area contributed by atoms with Crippen molar-refractivity contribution < 1.29 is 14.6 Å². The number of hydroxylamine groups is 3. The van der Waals surface area contributed by atoms with Crippen LogP contribution < -0.4 is 0 Å². The quantitative estimate of drug-likeness (QED) is 0.453. The molecule has 0 saturated heterocycles. The maximum Gasteiger partial charge on any atom is 0.383 e. The highest BCUT2D eigenvalue weighted by atomic mass is 16.6. The number of hydrogen-bond donors (Lipinski definition) is 1. The van der Waals surface area contributed by atoms with Crippen LogP contribution in [0.2, 0.25) is 0 Å². The summed E-state index contributed by atoms with van der Waals surface area (Å²) in [7, 11) is 0. The molecule has 0 fully saturated rings. The monoisotopic (exact) mass is 202 g/mol. The fraction of sp³-hybridized carbons (Fsp3) is 0.0833. The van der Waals surface area contributed by atoms with Gasteiger partial charge in [0.15, 0.2) is 0 Å². The Morgan fingerprint density at radius 2 is 2.13 bits per heavy atom. The molecule has 3 heteroatoms. The molecule has 0 radical (unpaired) electrons. The lowest BCUT2D eigenvalue weighted by Gasteiger charge is -2.25. The van der Waals surface area contributed by atoms with Gasteiger partial charge in [0.1, 0.15) is 12.7 Å². The van der Waals surface area contributed by atoms with Crippen LogP contribution >= 0.6 is 0 Å². The van der Waals surface area contributed by atoms with E-state index in [2.05, 4.69) is 6.58 Å². The molecular weight excluding hydrogens is 190 g/mol. The number of benzene rings is 1. The minimum Gasteiger partial charge on any atom is -0.222 e. The lowest BCUT2D eigenvalue weighted by molar-refractivity contribution is -0.989. The largest absolute Gasteiger partial charge is 0.383 e. The van der Waals surface area contributed by atoms with Crippen LogP contribution in [-0.2, 0) is 0 Å². The lowest BCUT2D eigenvalue weighted by Crippen LogP contribution is -2.46. The van der Waals surface area contributed by atoms with E-state index in [-0.39, 0.29) is 12.5 Å². The third kappa shape index (κ3) is 1.52. The Balaban J connectivity index is 2.50. The first-order chi connectivity index (χ1) is 7.17. The van der Waals surface area contributed by atoms with Gasteiger partial charge < -0.3 is 0 Å². The third-order valence-electron chi connectivity index (χ3n) is 2.45. The summed E-state index contributed by atoms with van der Waals surface area (Å²) in [5.74, 6) is -0.312.